The van der Waals surface area contributed by atoms with E-state index in [1.807, 2.05) is 0 Å². The van der Waals surface area contributed by atoms with Gasteiger partial charge in [0.1, 0.15) is 0 Å². The molecule has 1 unspecified atom stereocenters. The number of halogens is 1. The Bertz CT molecular complexity index is 279. The van der Waals surface area contributed by atoms with Gasteiger partial charge in [0.15, 0.2) is 0 Å². The van der Waals surface area contributed by atoms with E-state index >= 15 is 0 Å². The molecule has 0 bridgehead atoms. The van der Waals surface area contributed by atoms with Crippen molar-refractivity contribution in [3.05, 3.63) is 20.3 Å². The van der Waals surface area contributed by atoms with Crippen LogP contribution >= 0.6 is 27.3 Å². The highest BCUT2D eigenvalue weighted by atomic mass is 79.9. The largest absolute Gasteiger partial charge is 0.323 e. The average Bonchev–Trinajstić information content (AvgIpc) is 2.29. The second kappa shape index (κ2) is 3.71. The van der Waals surface area contributed by atoms with Crippen LogP contribution in [0.3, 0.4) is 0 Å². The molecule has 0 aliphatic heterocycles. The fraction of sp³-hybridized carbons (Fsp3) is 0.600. The Labute approximate surface area is 92.5 Å². The van der Waals surface area contributed by atoms with Gasteiger partial charge in [-0.15, -0.1) is 11.3 Å². The summed E-state index contributed by atoms with van der Waals surface area (Å²) in [5.41, 5.74) is 7.56. The zero-order valence-electron chi connectivity index (χ0n) is 8.52. The quantitative estimate of drug-likeness (QED) is 0.817. The number of thiophene rings is 1. The molecule has 0 saturated heterocycles. The first-order chi connectivity index (χ1) is 5.82. The number of hydrogen-bond donors (Lipinski definition) is 1. The third-order valence-corrected chi connectivity index (χ3v) is 4.34. The smallest absolute Gasteiger partial charge is 0.0731 e. The Balaban J connectivity index is 2.96. The van der Waals surface area contributed by atoms with Gasteiger partial charge in [0.05, 0.1) is 3.79 Å². The van der Waals surface area contributed by atoms with Crippen LogP contribution in [0.1, 0.15) is 37.3 Å². The molecule has 1 aromatic rings. The SMILES string of the molecule is Cc1cc(C(N)C(C)(C)C)sc1Br. The highest BCUT2D eigenvalue weighted by Gasteiger charge is 2.24. The molecular weight excluding hydrogens is 246 g/mol. The maximum atomic E-state index is 6.14. The fourth-order valence-electron chi connectivity index (χ4n) is 1.06. The average molecular weight is 262 g/mol. The number of rotatable bonds is 1. The Morgan fingerprint density at radius 1 is 1.46 bits per heavy atom. The molecule has 0 fully saturated rings. The van der Waals surface area contributed by atoms with E-state index < -0.39 is 0 Å². The Morgan fingerprint density at radius 3 is 2.31 bits per heavy atom. The summed E-state index contributed by atoms with van der Waals surface area (Å²) in [7, 11) is 0. The summed E-state index contributed by atoms with van der Waals surface area (Å²) in [6.07, 6.45) is 0. The first-order valence-corrected chi connectivity index (χ1v) is 5.94. The summed E-state index contributed by atoms with van der Waals surface area (Å²) in [6.45, 7) is 8.60. The molecule has 2 N–H and O–H groups in total. The van der Waals surface area contributed by atoms with Crippen LogP contribution in [-0.4, -0.2) is 0 Å². The van der Waals surface area contributed by atoms with Crippen LogP contribution in [0.2, 0.25) is 0 Å². The summed E-state index contributed by atoms with van der Waals surface area (Å²) in [4.78, 5) is 1.26. The maximum Gasteiger partial charge on any atom is 0.0731 e. The van der Waals surface area contributed by atoms with Gasteiger partial charge in [-0.2, -0.15) is 0 Å². The molecular formula is C10H16BrNS. The first-order valence-electron chi connectivity index (χ1n) is 4.34. The molecule has 1 rings (SSSR count). The monoisotopic (exact) mass is 261 g/mol. The summed E-state index contributed by atoms with van der Waals surface area (Å²) >= 11 is 5.26. The van der Waals surface area contributed by atoms with E-state index in [4.69, 9.17) is 5.73 Å². The van der Waals surface area contributed by atoms with Gasteiger partial charge < -0.3 is 5.73 Å². The van der Waals surface area contributed by atoms with E-state index in [0.717, 1.165) is 0 Å². The van der Waals surface area contributed by atoms with Crippen molar-refractivity contribution in [3.8, 4) is 0 Å². The lowest BCUT2D eigenvalue weighted by molar-refractivity contribution is 0.331. The molecule has 0 radical (unpaired) electrons. The minimum atomic E-state index is 0.127. The third-order valence-electron chi connectivity index (χ3n) is 2.12. The van der Waals surface area contributed by atoms with Crippen molar-refractivity contribution >= 4 is 27.3 Å². The molecule has 1 nitrogen and oxygen atoms in total. The zero-order chi connectivity index (χ0) is 10.2. The van der Waals surface area contributed by atoms with E-state index in [0.29, 0.717) is 0 Å². The van der Waals surface area contributed by atoms with Crippen LogP contribution in [0.25, 0.3) is 0 Å². The lowest BCUT2D eigenvalue weighted by Gasteiger charge is -2.25. The number of hydrogen-bond acceptors (Lipinski definition) is 2. The predicted molar refractivity (Wildman–Crippen MR) is 63.1 cm³/mol. The van der Waals surface area contributed by atoms with E-state index in [2.05, 4.69) is 49.7 Å². The lowest BCUT2D eigenvalue weighted by atomic mass is 9.86. The van der Waals surface area contributed by atoms with E-state index in [1.54, 1.807) is 11.3 Å². The molecule has 1 heterocycles. The van der Waals surface area contributed by atoms with Crippen LogP contribution in [0.15, 0.2) is 9.85 Å². The Kier molecular flexibility index (Phi) is 3.20. The van der Waals surface area contributed by atoms with Gasteiger partial charge in [-0.1, -0.05) is 20.8 Å². The van der Waals surface area contributed by atoms with Crippen LogP contribution < -0.4 is 5.73 Å². The van der Waals surface area contributed by atoms with Crippen molar-refractivity contribution in [1.82, 2.24) is 0 Å². The molecule has 0 saturated carbocycles. The van der Waals surface area contributed by atoms with Gasteiger partial charge in [-0.3, -0.25) is 0 Å². The number of nitrogens with two attached hydrogens (primary N) is 1. The van der Waals surface area contributed by atoms with Crippen molar-refractivity contribution in [1.29, 1.82) is 0 Å². The zero-order valence-corrected chi connectivity index (χ0v) is 10.9. The highest BCUT2D eigenvalue weighted by molar-refractivity contribution is 9.11. The van der Waals surface area contributed by atoms with E-state index in [9.17, 15) is 0 Å². The Morgan fingerprint density at radius 2 is 2.00 bits per heavy atom. The maximum absolute atomic E-state index is 6.14. The lowest BCUT2D eigenvalue weighted by Crippen LogP contribution is -2.25. The van der Waals surface area contributed by atoms with Crippen LogP contribution in [0.5, 0.6) is 0 Å². The first kappa shape index (κ1) is 11.2. The second-order valence-electron chi connectivity index (χ2n) is 4.45. The summed E-state index contributed by atoms with van der Waals surface area (Å²) in [5, 5.41) is 0. The van der Waals surface area contributed by atoms with Crippen LogP contribution in [-0.2, 0) is 0 Å². The van der Waals surface area contributed by atoms with Gasteiger partial charge in [0.2, 0.25) is 0 Å². The third kappa shape index (κ3) is 2.55. The molecule has 1 atom stereocenters. The normalized spacial score (nSPS) is 14.6. The van der Waals surface area contributed by atoms with Crippen molar-refractivity contribution in [2.75, 3.05) is 0 Å². The number of aryl methyl sites for hydroxylation is 1. The summed E-state index contributed by atoms with van der Waals surface area (Å²) < 4.78 is 1.20. The van der Waals surface area contributed by atoms with E-state index in [1.165, 1.54) is 14.2 Å². The molecule has 0 aliphatic carbocycles. The predicted octanol–water partition coefficient (Wildman–Crippen LogP) is 3.86. The van der Waals surface area contributed by atoms with Gasteiger partial charge in [-0.05, 0) is 39.9 Å². The van der Waals surface area contributed by atoms with Gasteiger partial charge >= 0.3 is 0 Å². The van der Waals surface area contributed by atoms with Crippen molar-refractivity contribution in [2.24, 2.45) is 11.1 Å². The van der Waals surface area contributed by atoms with E-state index in [-0.39, 0.29) is 11.5 Å². The molecule has 74 valence electrons. The van der Waals surface area contributed by atoms with Gasteiger partial charge in [-0.25, -0.2) is 0 Å². The topological polar surface area (TPSA) is 26.0 Å². The highest BCUT2D eigenvalue weighted by Crippen LogP contribution is 2.37. The molecule has 0 spiro atoms. The molecule has 0 aromatic carbocycles. The standard InChI is InChI=1S/C10H16BrNS/c1-6-5-7(13-9(6)11)8(12)10(2,3)4/h5,8H,12H2,1-4H3. The molecule has 3 heteroatoms. The minimum Gasteiger partial charge on any atom is -0.323 e. The van der Waals surface area contributed by atoms with Crippen molar-refractivity contribution in [3.63, 3.8) is 0 Å². The molecule has 1 aromatic heterocycles. The van der Waals surface area contributed by atoms with Crippen LogP contribution in [0.4, 0.5) is 0 Å². The minimum absolute atomic E-state index is 0.127. The summed E-state index contributed by atoms with van der Waals surface area (Å²) in [6, 6.07) is 2.30. The molecule has 0 amide bonds. The van der Waals surface area contributed by atoms with Crippen molar-refractivity contribution in [2.45, 2.75) is 33.7 Å². The van der Waals surface area contributed by atoms with Crippen molar-refractivity contribution < 1.29 is 0 Å². The summed E-state index contributed by atoms with van der Waals surface area (Å²) in [5.74, 6) is 0. The molecule has 0 aliphatic rings. The molecule has 13 heavy (non-hydrogen) atoms. The van der Waals surface area contributed by atoms with Crippen LogP contribution in [0, 0.1) is 12.3 Å². The van der Waals surface area contributed by atoms with Gasteiger partial charge in [0, 0.05) is 10.9 Å². The Hall–Kier alpha value is 0.140. The van der Waals surface area contributed by atoms with Gasteiger partial charge in [0.25, 0.3) is 0 Å². The fourth-order valence-corrected chi connectivity index (χ4v) is 2.88. The second-order valence-corrected chi connectivity index (χ2v) is 6.85.